The molecule has 0 saturated heterocycles. The van der Waals surface area contributed by atoms with Crippen LogP contribution in [-0.2, 0) is 0 Å². The topological polar surface area (TPSA) is 69.4 Å². The first-order valence-electron chi connectivity index (χ1n) is 18.3. The fourth-order valence-electron chi connectivity index (χ4n) is 7.15. The van der Waals surface area contributed by atoms with Crippen LogP contribution in [0.1, 0.15) is 0 Å². The van der Waals surface area contributed by atoms with Crippen LogP contribution in [-0.4, -0.2) is 29.5 Å². The Hall–Kier alpha value is -7.57. The molecule has 10 rings (SSSR count). The molecule has 0 aliphatic heterocycles. The molecule has 3 heterocycles. The normalized spacial score (nSPS) is 11.3. The summed E-state index contributed by atoms with van der Waals surface area (Å²) in [5.74, 6) is 2.78. The van der Waals surface area contributed by atoms with Crippen LogP contribution in [0.25, 0.3) is 95.6 Å². The van der Waals surface area contributed by atoms with Crippen LogP contribution in [0.2, 0.25) is 0 Å². The van der Waals surface area contributed by atoms with Gasteiger partial charge in [-0.05, 0) is 29.3 Å². The monoisotopic (exact) mass is 704 g/mol. The fraction of sp³-hybridized carbons (Fsp3) is 0. The van der Waals surface area contributed by atoms with Crippen LogP contribution in [0.4, 0.5) is 0 Å². The van der Waals surface area contributed by atoms with Crippen molar-refractivity contribution < 1.29 is 0 Å². The number of benzene rings is 7. The van der Waals surface area contributed by atoms with Crippen molar-refractivity contribution in [3.8, 4) is 73.6 Å². The Kier molecular flexibility index (Phi) is 8.04. The molecule has 0 radical (unpaired) electrons. The molecule has 0 fully saturated rings. The summed E-state index contributed by atoms with van der Waals surface area (Å²) in [6.45, 7) is 0. The second kappa shape index (κ2) is 13.8. The van der Waals surface area contributed by atoms with Crippen molar-refractivity contribution in [1.29, 1.82) is 0 Å². The Bertz CT molecular complexity index is 2870. The standard InChI is InChI=1S/C49H32N6/c1-5-15-35(16-6-1)43-45-44(41-23-13-14-24-42(41)50-43)51-49(55(45)40-21-11-4-12-22-40)39-31-27-34(28-32-39)33-25-29-38(30-26-33)48-53-46(36-17-7-2-8-18-36)52-47(54-48)37-19-9-3-10-20-37/h1-32H. The molecule has 3 aromatic heterocycles. The Morgan fingerprint density at radius 1 is 0.309 bits per heavy atom. The van der Waals surface area contributed by atoms with Crippen molar-refractivity contribution >= 4 is 21.9 Å². The summed E-state index contributed by atoms with van der Waals surface area (Å²) in [6, 6.07) is 66.2. The summed E-state index contributed by atoms with van der Waals surface area (Å²) < 4.78 is 2.25. The number of pyridine rings is 1. The highest BCUT2D eigenvalue weighted by atomic mass is 15.1. The second-order valence-corrected chi connectivity index (χ2v) is 13.3. The van der Waals surface area contributed by atoms with E-state index in [1.54, 1.807) is 0 Å². The Balaban J connectivity index is 1.05. The van der Waals surface area contributed by atoms with E-state index in [9.17, 15) is 0 Å². The lowest BCUT2D eigenvalue weighted by Gasteiger charge is -2.13. The minimum absolute atomic E-state index is 0.631. The Morgan fingerprint density at radius 2 is 0.727 bits per heavy atom. The van der Waals surface area contributed by atoms with E-state index < -0.39 is 0 Å². The number of hydrogen-bond acceptors (Lipinski definition) is 5. The van der Waals surface area contributed by atoms with Crippen molar-refractivity contribution in [2.45, 2.75) is 0 Å². The van der Waals surface area contributed by atoms with E-state index in [-0.39, 0.29) is 0 Å². The average Bonchev–Trinajstić information content (AvgIpc) is 3.68. The summed E-state index contributed by atoms with van der Waals surface area (Å²) in [5.41, 5.74) is 11.8. The zero-order chi connectivity index (χ0) is 36.6. The van der Waals surface area contributed by atoms with E-state index in [4.69, 9.17) is 24.9 Å². The highest BCUT2D eigenvalue weighted by Gasteiger charge is 2.22. The number of fused-ring (bicyclic) bond motifs is 3. The number of imidazole rings is 1. The number of aromatic nitrogens is 6. The van der Waals surface area contributed by atoms with E-state index in [0.29, 0.717) is 17.5 Å². The Labute approximate surface area is 318 Å². The van der Waals surface area contributed by atoms with Crippen LogP contribution in [0, 0.1) is 0 Å². The maximum absolute atomic E-state index is 5.38. The minimum Gasteiger partial charge on any atom is -0.290 e. The molecular formula is C49H32N6. The average molecular weight is 705 g/mol. The van der Waals surface area contributed by atoms with Gasteiger partial charge in [0.2, 0.25) is 0 Å². The van der Waals surface area contributed by atoms with Gasteiger partial charge in [0.05, 0.1) is 11.2 Å². The fourth-order valence-corrected chi connectivity index (χ4v) is 7.15. The second-order valence-electron chi connectivity index (χ2n) is 13.3. The van der Waals surface area contributed by atoms with Gasteiger partial charge in [0.25, 0.3) is 0 Å². The highest BCUT2D eigenvalue weighted by molar-refractivity contribution is 6.09. The minimum atomic E-state index is 0.631. The Morgan fingerprint density at radius 3 is 1.27 bits per heavy atom. The molecule has 6 heteroatoms. The van der Waals surface area contributed by atoms with Gasteiger partial charge >= 0.3 is 0 Å². The van der Waals surface area contributed by atoms with Crippen LogP contribution < -0.4 is 0 Å². The van der Waals surface area contributed by atoms with E-state index in [0.717, 1.165) is 78.1 Å². The summed E-state index contributed by atoms with van der Waals surface area (Å²) in [6.07, 6.45) is 0. The number of rotatable bonds is 7. The van der Waals surface area contributed by atoms with Gasteiger partial charge in [-0.15, -0.1) is 0 Å². The third-order valence-corrected chi connectivity index (χ3v) is 9.87. The lowest BCUT2D eigenvalue weighted by atomic mass is 10.0. The number of nitrogens with zero attached hydrogens (tertiary/aromatic N) is 6. The van der Waals surface area contributed by atoms with Crippen molar-refractivity contribution in [2.24, 2.45) is 0 Å². The molecule has 0 aliphatic carbocycles. The summed E-state index contributed by atoms with van der Waals surface area (Å²) in [7, 11) is 0. The largest absolute Gasteiger partial charge is 0.290 e. The first kappa shape index (κ1) is 32.1. The van der Waals surface area contributed by atoms with Gasteiger partial charge in [0.15, 0.2) is 17.5 Å². The van der Waals surface area contributed by atoms with Gasteiger partial charge in [0.1, 0.15) is 16.9 Å². The predicted octanol–water partition coefficient (Wildman–Crippen LogP) is 11.8. The molecule has 0 saturated carbocycles. The van der Waals surface area contributed by atoms with Crippen molar-refractivity contribution in [3.05, 3.63) is 194 Å². The van der Waals surface area contributed by atoms with Gasteiger partial charge in [-0.25, -0.2) is 24.9 Å². The molecule has 6 nitrogen and oxygen atoms in total. The molecule has 7 aromatic carbocycles. The zero-order valence-electron chi connectivity index (χ0n) is 29.7. The van der Waals surface area contributed by atoms with Gasteiger partial charge in [-0.3, -0.25) is 4.57 Å². The van der Waals surface area contributed by atoms with Crippen LogP contribution in [0.15, 0.2) is 194 Å². The van der Waals surface area contributed by atoms with Crippen molar-refractivity contribution in [1.82, 2.24) is 29.5 Å². The molecule has 0 atom stereocenters. The molecule has 10 aromatic rings. The number of hydrogen-bond donors (Lipinski definition) is 0. The maximum Gasteiger partial charge on any atom is 0.164 e. The van der Waals surface area contributed by atoms with E-state index in [1.807, 2.05) is 78.9 Å². The maximum atomic E-state index is 5.38. The lowest BCUT2D eigenvalue weighted by Crippen LogP contribution is -2.00. The van der Waals surface area contributed by atoms with Crippen LogP contribution in [0.3, 0.4) is 0 Å². The smallest absolute Gasteiger partial charge is 0.164 e. The van der Waals surface area contributed by atoms with Crippen molar-refractivity contribution in [2.75, 3.05) is 0 Å². The predicted molar refractivity (Wildman–Crippen MR) is 222 cm³/mol. The molecule has 0 amide bonds. The van der Waals surface area contributed by atoms with E-state index in [2.05, 4.69) is 120 Å². The third-order valence-electron chi connectivity index (χ3n) is 9.87. The van der Waals surface area contributed by atoms with E-state index in [1.165, 1.54) is 0 Å². The van der Waals surface area contributed by atoms with Crippen LogP contribution >= 0.6 is 0 Å². The summed E-state index contributed by atoms with van der Waals surface area (Å²) in [4.78, 5) is 25.3. The summed E-state index contributed by atoms with van der Waals surface area (Å²) >= 11 is 0. The molecule has 55 heavy (non-hydrogen) atoms. The number of para-hydroxylation sites is 2. The molecular weight excluding hydrogens is 673 g/mol. The third kappa shape index (κ3) is 6.02. The molecule has 0 unspecified atom stereocenters. The molecule has 0 bridgehead atoms. The van der Waals surface area contributed by atoms with Crippen molar-refractivity contribution in [3.63, 3.8) is 0 Å². The van der Waals surface area contributed by atoms with Gasteiger partial charge in [-0.1, -0.05) is 176 Å². The summed E-state index contributed by atoms with van der Waals surface area (Å²) in [5, 5.41) is 1.02. The molecule has 0 N–H and O–H groups in total. The van der Waals surface area contributed by atoms with Gasteiger partial charge < -0.3 is 0 Å². The first-order valence-corrected chi connectivity index (χ1v) is 18.3. The highest BCUT2D eigenvalue weighted by Crippen LogP contribution is 2.38. The van der Waals surface area contributed by atoms with E-state index >= 15 is 0 Å². The lowest BCUT2D eigenvalue weighted by molar-refractivity contribution is 1.07. The van der Waals surface area contributed by atoms with Crippen LogP contribution in [0.5, 0.6) is 0 Å². The first-order chi connectivity index (χ1) is 27.3. The quantitative estimate of drug-likeness (QED) is 0.165. The molecule has 0 spiro atoms. The van der Waals surface area contributed by atoms with Gasteiger partial charge in [0, 0.05) is 38.9 Å². The molecule has 258 valence electrons. The van der Waals surface area contributed by atoms with Gasteiger partial charge in [-0.2, -0.15) is 0 Å². The molecule has 0 aliphatic rings. The zero-order valence-corrected chi connectivity index (χ0v) is 29.7. The SMILES string of the molecule is c1ccc(-c2nc(-c3ccccc3)nc(-c3ccc(-c4ccc(-c5nc6c7ccccc7nc(-c7ccccc7)c6n5-c5ccccc5)cc4)cc3)n2)cc1.